The molecule has 3 atom stereocenters. The van der Waals surface area contributed by atoms with E-state index in [1.807, 2.05) is 6.07 Å². The molecule has 0 amide bonds. The van der Waals surface area contributed by atoms with E-state index in [2.05, 4.69) is 35.4 Å². The molecule has 0 aliphatic heterocycles. The van der Waals surface area contributed by atoms with Crippen LogP contribution in [0.15, 0.2) is 18.2 Å². The number of hydrogen-bond acceptors (Lipinski definition) is 2. The molecule has 2 aliphatic carbocycles. The van der Waals surface area contributed by atoms with Gasteiger partial charge in [-0.1, -0.05) is 19.8 Å². The molecule has 2 aromatic rings. The van der Waals surface area contributed by atoms with E-state index in [0.29, 0.717) is 12.1 Å². The molecule has 1 aromatic carbocycles. The van der Waals surface area contributed by atoms with Crippen molar-refractivity contribution in [3.05, 3.63) is 35.0 Å². The number of hydrogen-bond donors (Lipinski definition) is 2. The van der Waals surface area contributed by atoms with Gasteiger partial charge in [-0.3, -0.25) is 0 Å². The van der Waals surface area contributed by atoms with Crippen molar-refractivity contribution in [2.24, 2.45) is 5.92 Å². The monoisotopic (exact) mass is 307 g/mol. The van der Waals surface area contributed by atoms with Gasteiger partial charge >= 0.3 is 0 Å². The largest absolute Gasteiger partial charge is 0.357 e. The summed E-state index contributed by atoms with van der Waals surface area (Å²) in [7, 11) is 0. The van der Waals surface area contributed by atoms with Crippen LogP contribution in [0.3, 0.4) is 0 Å². The number of rotatable bonds is 2. The first-order valence-electron chi connectivity index (χ1n) is 9.05. The van der Waals surface area contributed by atoms with Crippen molar-refractivity contribution in [1.29, 1.82) is 5.26 Å². The summed E-state index contributed by atoms with van der Waals surface area (Å²) >= 11 is 0. The zero-order valence-electron chi connectivity index (χ0n) is 13.9. The molecule has 2 aliphatic rings. The second kappa shape index (κ2) is 6.02. The van der Waals surface area contributed by atoms with Crippen molar-refractivity contribution < 1.29 is 0 Å². The number of H-pyrrole nitrogens is 1. The first kappa shape index (κ1) is 14.8. The molecular weight excluding hydrogens is 282 g/mol. The minimum absolute atomic E-state index is 0.451. The second-order valence-electron chi connectivity index (χ2n) is 7.47. The smallest absolute Gasteiger partial charge is 0.0991 e. The Morgan fingerprint density at radius 1 is 1.22 bits per heavy atom. The fraction of sp³-hybridized carbons (Fsp3) is 0.550. The standard InChI is InChI=1S/C20H25N3/c1-13-4-2-5-15(10-13)22-19-7-3-6-16-17-11-14(12-21)8-9-18(17)23-20(16)19/h8-9,11,13,15,19,22-23H,2-7,10H2,1H3. The Kier molecular flexibility index (Phi) is 3.87. The number of aromatic amines is 1. The molecule has 1 aromatic heterocycles. The quantitative estimate of drug-likeness (QED) is 0.853. The van der Waals surface area contributed by atoms with E-state index in [1.165, 1.54) is 60.7 Å². The van der Waals surface area contributed by atoms with Crippen LogP contribution in [0.25, 0.3) is 10.9 Å². The maximum absolute atomic E-state index is 9.16. The summed E-state index contributed by atoms with van der Waals surface area (Å²) in [6.07, 6.45) is 8.95. The minimum Gasteiger partial charge on any atom is -0.357 e. The SMILES string of the molecule is CC1CCCC(NC2CCCc3c2[nH]c2ccc(C#N)cc32)C1. The van der Waals surface area contributed by atoms with Crippen molar-refractivity contribution in [1.82, 2.24) is 10.3 Å². The molecule has 4 rings (SSSR count). The van der Waals surface area contributed by atoms with Crippen LogP contribution in [0, 0.1) is 17.2 Å². The number of aryl methyl sites for hydroxylation is 1. The van der Waals surface area contributed by atoms with Crippen molar-refractivity contribution in [2.75, 3.05) is 0 Å². The van der Waals surface area contributed by atoms with Gasteiger partial charge in [0, 0.05) is 28.7 Å². The molecule has 3 unspecified atom stereocenters. The molecule has 0 spiro atoms. The third-order valence-corrected chi connectivity index (χ3v) is 5.71. The molecule has 2 N–H and O–H groups in total. The maximum atomic E-state index is 9.16. The second-order valence-corrected chi connectivity index (χ2v) is 7.47. The highest BCUT2D eigenvalue weighted by atomic mass is 15.0. The fourth-order valence-corrected chi connectivity index (χ4v) is 4.57. The van der Waals surface area contributed by atoms with Crippen LogP contribution in [0.5, 0.6) is 0 Å². The normalized spacial score (nSPS) is 27.6. The van der Waals surface area contributed by atoms with Crippen LogP contribution in [-0.4, -0.2) is 11.0 Å². The summed E-state index contributed by atoms with van der Waals surface area (Å²) in [4.78, 5) is 3.65. The Balaban J connectivity index is 1.64. The molecule has 120 valence electrons. The molecule has 1 saturated carbocycles. The summed E-state index contributed by atoms with van der Waals surface area (Å²) in [6.45, 7) is 2.38. The Bertz CT molecular complexity index is 752. The summed E-state index contributed by atoms with van der Waals surface area (Å²) < 4.78 is 0. The van der Waals surface area contributed by atoms with Gasteiger partial charge in [0.1, 0.15) is 0 Å². The Hall–Kier alpha value is -1.79. The van der Waals surface area contributed by atoms with Crippen molar-refractivity contribution in [3.63, 3.8) is 0 Å². The Labute approximate surface area is 138 Å². The number of nitriles is 1. The number of nitrogens with one attached hydrogen (secondary N) is 2. The molecular formula is C20H25N3. The molecule has 1 heterocycles. The van der Waals surface area contributed by atoms with E-state index in [0.717, 1.165) is 17.9 Å². The zero-order valence-corrected chi connectivity index (χ0v) is 13.9. The predicted octanol–water partition coefficient (Wildman–Crippen LogP) is 4.59. The molecule has 3 heteroatoms. The van der Waals surface area contributed by atoms with Crippen LogP contribution in [0.4, 0.5) is 0 Å². The van der Waals surface area contributed by atoms with Gasteiger partial charge in [0.15, 0.2) is 0 Å². The van der Waals surface area contributed by atoms with Crippen molar-refractivity contribution >= 4 is 10.9 Å². The predicted molar refractivity (Wildman–Crippen MR) is 93.2 cm³/mol. The van der Waals surface area contributed by atoms with E-state index in [1.54, 1.807) is 0 Å². The summed E-state index contributed by atoms with van der Waals surface area (Å²) in [5.41, 5.74) is 4.75. The van der Waals surface area contributed by atoms with Crippen LogP contribution < -0.4 is 5.32 Å². The third-order valence-electron chi connectivity index (χ3n) is 5.71. The van der Waals surface area contributed by atoms with Gasteiger partial charge in [0.2, 0.25) is 0 Å². The molecule has 0 bridgehead atoms. The number of fused-ring (bicyclic) bond motifs is 3. The number of nitrogens with zero attached hydrogens (tertiary/aromatic N) is 1. The summed E-state index contributed by atoms with van der Waals surface area (Å²) in [5, 5.41) is 14.3. The average molecular weight is 307 g/mol. The van der Waals surface area contributed by atoms with E-state index in [-0.39, 0.29) is 0 Å². The van der Waals surface area contributed by atoms with E-state index in [9.17, 15) is 0 Å². The van der Waals surface area contributed by atoms with Crippen LogP contribution in [0.1, 0.15) is 68.3 Å². The van der Waals surface area contributed by atoms with Gasteiger partial charge in [-0.25, -0.2) is 0 Å². The van der Waals surface area contributed by atoms with Gasteiger partial charge in [0.05, 0.1) is 11.6 Å². The van der Waals surface area contributed by atoms with Crippen LogP contribution >= 0.6 is 0 Å². The van der Waals surface area contributed by atoms with Gasteiger partial charge < -0.3 is 10.3 Å². The highest BCUT2D eigenvalue weighted by Gasteiger charge is 2.28. The lowest BCUT2D eigenvalue weighted by atomic mass is 9.85. The van der Waals surface area contributed by atoms with Gasteiger partial charge in [0.25, 0.3) is 0 Å². The highest BCUT2D eigenvalue weighted by Crippen LogP contribution is 2.36. The molecule has 3 nitrogen and oxygen atoms in total. The van der Waals surface area contributed by atoms with E-state index in [4.69, 9.17) is 5.26 Å². The van der Waals surface area contributed by atoms with Gasteiger partial charge in [-0.2, -0.15) is 5.26 Å². The van der Waals surface area contributed by atoms with Gasteiger partial charge in [-0.15, -0.1) is 0 Å². The highest BCUT2D eigenvalue weighted by molar-refractivity contribution is 5.86. The zero-order chi connectivity index (χ0) is 15.8. The fourth-order valence-electron chi connectivity index (χ4n) is 4.57. The van der Waals surface area contributed by atoms with Crippen molar-refractivity contribution in [3.8, 4) is 6.07 Å². The number of benzene rings is 1. The molecule has 23 heavy (non-hydrogen) atoms. The average Bonchev–Trinajstić information content (AvgIpc) is 2.94. The van der Waals surface area contributed by atoms with Crippen molar-refractivity contribution in [2.45, 2.75) is 64.0 Å². The lowest BCUT2D eigenvalue weighted by Crippen LogP contribution is -2.37. The minimum atomic E-state index is 0.451. The third kappa shape index (κ3) is 2.77. The van der Waals surface area contributed by atoms with Crippen LogP contribution in [0.2, 0.25) is 0 Å². The maximum Gasteiger partial charge on any atom is 0.0991 e. The first-order valence-corrected chi connectivity index (χ1v) is 9.05. The Morgan fingerprint density at radius 2 is 2.13 bits per heavy atom. The van der Waals surface area contributed by atoms with Crippen LogP contribution in [-0.2, 0) is 6.42 Å². The molecule has 0 radical (unpaired) electrons. The molecule has 0 saturated heterocycles. The number of aromatic nitrogens is 1. The van der Waals surface area contributed by atoms with E-state index >= 15 is 0 Å². The van der Waals surface area contributed by atoms with E-state index < -0.39 is 0 Å². The molecule has 1 fully saturated rings. The first-order chi connectivity index (χ1) is 11.2. The Morgan fingerprint density at radius 3 is 2.96 bits per heavy atom. The van der Waals surface area contributed by atoms with Gasteiger partial charge in [-0.05, 0) is 61.8 Å². The lowest BCUT2D eigenvalue weighted by Gasteiger charge is -2.33. The summed E-state index contributed by atoms with van der Waals surface area (Å²) in [5.74, 6) is 0.852. The lowest BCUT2D eigenvalue weighted by molar-refractivity contribution is 0.270. The summed E-state index contributed by atoms with van der Waals surface area (Å²) in [6, 6.07) is 9.41. The topological polar surface area (TPSA) is 51.6 Å².